The van der Waals surface area contributed by atoms with Gasteiger partial charge in [-0.15, -0.1) is 0 Å². The standard InChI is InChI=1S/C27H26F3N3O5/c1-16-14-18(20-6-2-3-7-21(20)32-16)15-37-19-11-9-17(10-12-19)23(38-26(36)27(28,29)30)25(35)33-24(34)22-8-4-5-13-31-22/h2-3,6-7,9-12,14,22-23,31H,4-5,8,13,15H2,1H3,(H,33,34,35)/t22-,23?/m1/s1. The molecule has 2 amide bonds. The molecule has 0 aliphatic carbocycles. The summed E-state index contributed by atoms with van der Waals surface area (Å²) in [6, 6.07) is 14.3. The van der Waals surface area contributed by atoms with E-state index in [0.717, 1.165) is 35.0 Å². The summed E-state index contributed by atoms with van der Waals surface area (Å²) in [7, 11) is 0. The fourth-order valence-corrected chi connectivity index (χ4v) is 4.21. The topological polar surface area (TPSA) is 107 Å². The van der Waals surface area contributed by atoms with E-state index >= 15 is 0 Å². The number of benzene rings is 2. The maximum Gasteiger partial charge on any atom is 0.490 e. The third-order valence-electron chi connectivity index (χ3n) is 6.07. The molecular formula is C27H26F3N3O5. The Hall–Kier alpha value is -3.99. The van der Waals surface area contributed by atoms with E-state index in [0.29, 0.717) is 18.7 Å². The zero-order valence-electron chi connectivity index (χ0n) is 20.5. The molecule has 1 aliphatic rings. The van der Waals surface area contributed by atoms with E-state index in [1.165, 1.54) is 24.3 Å². The van der Waals surface area contributed by atoms with E-state index in [9.17, 15) is 27.6 Å². The first-order valence-corrected chi connectivity index (χ1v) is 12.1. The van der Waals surface area contributed by atoms with Crippen LogP contribution in [0.1, 0.15) is 42.2 Å². The van der Waals surface area contributed by atoms with Crippen molar-refractivity contribution in [2.45, 2.75) is 51.1 Å². The summed E-state index contributed by atoms with van der Waals surface area (Å²) in [5.74, 6) is -4.04. The van der Waals surface area contributed by atoms with Crippen LogP contribution in [0.2, 0.25) is 0 Å². The fourth-order valence-electron chi connectivity index (χ4n) is 4.21. The second-order valence-electron chi connectivity index (χ2n) is 8.94. The molecule has 0 bridgehead atoms. The molecule has 4 rings (SSSR count). The van der Waals surface area contributed by atoms with Crippen molar-refractivity contribution in [2.75, 3.05) is 6.54 Å². The van der Waals surface area contributed by atoms with Gasteiger partial charge in [0, 0.05) is 22.2 Å². The number of nitrogens with one attached hydrogen (secondary N) is 2. The second kappa shape index (κ2) is 11.6. The van der Waals surface area contributed by atoms with E-state index in [-0.39, 0.29) is 12.2 Å². The Morgan fingerprint density at radius 1 is 1.11 bits per heavy atom. The average Bonchev–Trinajstić information content (AvgIpc) is 2.90. The third kappa shape index (κ3) is 6.65. The molecule has 1 aromatic heterocycles. The van der Waals surface area contributed by atoms with Crippen LogP contribution >= 0.6 is 0 Å². The lowest BCUT2D eigenvalue weighted by atomic mass is 10.0. The fraction of sp³-hybridized carbons (Fsp3) is 0.333. The summed E-state index contributed by atoms with van der Waals surface area (Å²) in [5, 5.41) is 5.93. The van der Waals surface area contributed by atoms with Gasteiger partial charge in [0.05, 0.1) is 11.6 Å². The Labute approximate surface area is 216 Å². The Morgan fingerprint density at radius 2 is 1.84 bits per heavy atom. The number of esters is 1. The lowest BCUT2D eigenvalue weighted by molar-refractivity contribution is -0.205. The number of piperidine rings is 1. The molecular weight excluding hydrogens is 503 g/mol. The number of ether oxygens (including phenoxy) is 2. The van der Waals surface area contributed by atoms with E-state index in [1.54, 1.807) is 0 Å². The van der Waals surface area contributed by atoms with Crippen LogP contribution in [0.3, 0.4) is 0 Å². The molecule has 200 valence electrons. The van der Waals surface area contributed by atoms with Gasteiger partial charge < -0.3 is 14.8 Å². The van der Waals surface area contributed by atoms with Crippen LogP contribution < -0.4 is 15.4 Å². The molecule has 2 atom stereocenters. The van der Waals surface area contributed by atoms with Gasteiger partial charge in [-0.3, -0.25) is 19.9 Å². The molecule has 3 aromatic rings. The molecule has 1 fully saturated rings. The van der Waals surface area contributed by atoms with Gasteiger partial charge >= 0.3 is 12.1 Å². The number of halogens is 3. The highest BCUT2D eigenvalue weighted by Crippen LogP contribution is 2.27. The largest absolute Gasteiger partial charge is 0.490 e. The Morgan fingerprint density at radius 3 is 2.53 bits per heavy atom. The summed E-state index contributed by atoms with van der Waals surface area (Å²) in [4.78, 5) is 41.2. The number of rotatable bonds is 7. The van der Waals surface area contributed by atoms with Crippen molar-refractivity contribution in [3.63, 3.8) is 0 Å². The molecule has 1 saturated heterocycles. The number of carbonyl (C=O) groups is 3. The predicted molar refractivity (Wildman–Crippen MR) is 131 cm³/mol. The van der Waals surface area contributed by atoms with Crippen LogP contribution in [0.15, 0.2) is 54.6 Å². The Balaban J connectivity index is 1.49. The number of carbonyl (C=O) groups excluding carboxylic acids is 3. The maximum atomic E-state index is 12.9. The molecule has 0 radical (unpaired) electrons. The molecule has 0 spiro atoms. The number of aryl methyl sites for hydroxylation is 1. The van der Waals surface area contributed by atoms with Crippen LogP contribution in [-0.2, 0) is 25.7 Å². The van der Waals surface area contributed by atoms with E-state index in [2.05, 4.69) is 20.4 Å². The van der Waals surface area contributed by atoms with Gasteiger partial charge in [-0.25, -0.2) is 4.79 Å². The molecule has 2 aromatic carbocycles. The molecule has 1 unspecified atom stereocenters. The number of aromatic nitrogens is 1. The monoisotopic (exact) mass is 529 g/mol. The van der Waals surface area contributed by atoms with Gasteiger partial charge in [0.2, 0.25) is 12.0 Å². The summed E-state index contributed by atoms with van der Waals surface area (Å²) in [6.45, 7) is 2.64. The Bertz CT molecular complexity index is 1320. The quantitative estimate of drug-likeness (QED) is 0.445. The predicted octanol–water partition coefficient (Wildman–Crippen LogP) is 4.05. The molecule has 8 nitrogen and oxygen atoms in total. The summed E-state index contributed by atoms with van der Waals surface area (Å²) < 4.78 is 49.0. The number of fused-ring (bicyclic) bond motifs is 1. The van der Waals surface area contributed by atoms with Crippen LogP contribution in [0.5, 0.6) is 5.75 Å². The number of nitrogens with zero attached hydrogens (tertiary/aromatic N) is 1. The van der Waals surface area contributed by atoms with Crippen molar-refractivity contribution in [3.05, 3.63) is 71.4 Å². The summed E-state index contributed by atoms with van der Waals surface area (Å²) >= 11 is 0. The number of imide groups is 1. The van der Waals surface area contributed by atoms with Crippen molar-refractivity contribution < 1.29 is 37.0 Å². The van der Waals surface area contributed by atoms with Gasteiger partial charge in [0.25, 0.3) is 5.91 Å². The minimum atomic E-state index is -5.32. The van der Waals surface area contributed by atoms with Crippen LogP contribution in [-0.4, -0.2) is 41.5 Å². The summed E-state index contributed by atoms with van der Waals surface area (Å²) in [6.07, 6.45) is -5.19. The maximum absolute atomic E-state index is 12.9. The number of hydrogen-bond acceptors (Lipinski definition) is 7. The first kappa shape index (κ1) is 27.1. The number of amides is 2. The lowest BCUT2D eigenvalue weighted by Crippen LogP contribution is -2.49. The van der Waals surface area contributed by atoms with Crippen LogP contribution in [0.25, 0.3) is 10.9 Å². The highest BCUT2D eigenvalue weighted by Gasteiger charge is 2.44. The SMILES string of the molecule is Cc1cc(COc2ccc(C(OC(=O)C(F)(F)F)C(=O)NC(=O)[C@H]3CCCCN3)cc2)c2ccccc2n1. The first-order chi connectivity index (χ1) is 18.1. The molecule has 11 heteroatoms. The van der Waals surface area contributed by atoms with E-state index in [4.69, 9.17) is 4.74 Å². The highest BCUT2D eigenvalue weighted by molar-refractivity contribution is 6.00. The van der Waals surface area contributed by atoms with Gasteiger partial charge in [-0.2, -0.15) is 13.2 Å². The number of pyridine rings is 1. The second-order valence-corrected chi connectivity index (χ2v) is 8.94. The lowest BCUT2D eigenvalue weighted by Gasteiger charge is -2.24. The van der Waals surface area contributed by atoms with Crippen molar-refractivity contribution in [1.82, 2.24) is 15.6 Å². The van der Waals surface area contributed by atoms with Crippen molar-refractivity contribution >= 4 is 28.7 Å². The van der Waals surface area contributed by atoms with Gasteiger partial charge in [0.1, 0.15) is 12.4 Å². The van der Waals surface area contributed by atoms with Gasteiger partial charge in [-0.1, -0.05) is 36.8 Å². The minimum Gasteiger partial charge on any atom is -0.489 e. The van der Waals surface area contributed by atoms with E-state index < -0.39 is 36.1 Å². The molecule has 2 N–H and O–H groups in total. The van der Waals surface area contributed by atoms with Crippen LogP contribution in [0, 0.1) is 6.92 Å². The molecule has 2 heterocycles. The van der Waals surface area contributed by atoms with E-state index in [1.807, 2.05) is 37.3 Å². The zero-order valence-corrected chi connectivity index (χ0v) is 20.5. The molecule has 1 aliphatic heterocycles. The van der Waals surface area contributed by atoms with Crippen molar-refractivity contribution in [1.29, 1.82) is 0 Å². The Kier molecular flexibility index (Phi) is 8.26. The third-order valence-corrected chi connectivity index (χ3v) is 6.07. The summed E-state index contributed by atoms with van der Waals surface area (Å²) in [5.41, 5.74) is 2.47. The molecule has 0 saturated carbocycles. The van der Waals surface area contributed by atoms with Crippen molar-refractivity contribution in [2.24, 2.45) is 0 Å². The smallest absolute Gasteiger partial charge is 0.489 e. The average molecular weight is 530 g/mol. The minimum absolute atomic E-state index is 0.0536. The molecule has 38 heavy (non-hydrogen) atoms. The highest BCUT2D eigenvalue weighted by atomic mass is 19.4. The van der Waals surface area contributed by atoms with Gasteiger partial charge in [-0.05, 0) is 50.6 Å². The zero-order chi connectivity index (χ0) is 27.3. The number of alkyl halides is 3. The number of hydrogen-bond donors (Lipinski definition) is 2. The first-order valence-electron chi connectivity index (χ1n) is 12.1. The van der Waals surface area contributed by atoms with Crippen molar-refractivity contribution in [3.8, 4) is 5.75 Å². The van der Waals surface area contributed by atoms with Crippen LogP contribution in [0.4, 0.5) is 13.2 Å². The number of para-hydroxylation sites is 1. The van der Waals surface area contributed by atoms with Gasteiger partial charge in [0.15, 0.2) is 0 Å². The normalized spacial score (nSPS) is 16.5.